The van der Waals surface area contributed by atoms with Crippen molar-refractivity contribution in [3.05, 3.63) is 20.8 Å². The summed E-state index contributed by atoms with van der Waals surface area (Å²) in [5.74, 6) is -0.745. The van der Waals surface area contributed by atoms with Gasteiger partial charge in [0.2, 0.25) is 0 Å². The van der Waals surface area contributed by atoms with Gasteiger partial charge in [-0.05, 0) is 13.8 Å². The van der Waals surface area contributed by atoms with E-state index in [0.717, 1.165) is 0 Å². The Hall–Kier alpha value is -2.04. The Morgan fingerprint density at radius 1 is 1.27 bits per heavy atom. The molecule has 0 saturated carbocycles. The van der Waals surface area contributed by atoms with Gasteiger partial charge in [-0.25, -0.2) is 14.0 Å². The molecule has 10 nitrogen and oxygen atoms in total. The molecule has 22 heavy (non-hydrogen) atoms. The predicted octanol–water partition coefficient (Wildman–Crippen LogP) is -1.29. The van der Waals surface area contributed by atoms with E-state index in [9.17, 15) is 9.59 Å². The molecule has 116 valence electrons. The van der Waals surface area contributed by atoms with Gasteiger partial charge in [-0.15, -0.1) is 5.10 Å². The van der Waals surface area contributed by atoms with Crippen LogP contribution in [0.25, 0.3) is 11.2 Å². The van der Waals surface area contributed by atoms with Gasteiger partial charge >= 0.3 is 5.69 Å². The number of aromatic nitrogens is 5. The van der Waals surface area contributed by atoms with Crippen LogP contribution in [0.15, 0.2) is 9.59 Å². The van der Waals surface area contributed by atoms with Crippen LogP contribution >= 0.6 is 0 Å². The Morgan fingerprint density at radius 2 is 2.05 bits per heavy atom. The van der Waals surface area contributed by atoms with Gasteiger partial charge in [-0.3, -0.25) is 9.78 Å². The van der Waals surface area contributed by atoms with Gasteiger partial charge < -0.3 is 14.2 Å². The molecule has 2 saturated heterocycles. The highest BCUT2D eigenvalue weighted by atomic mass is 16.8. The first-order valence-corrected chi connectivity index (χ1v) is 7.04. The van der Waals surface area contributed by atoms with Crippen LogP contribution < -0.4 is 11.2 Å². The van der Waals surface area contributed by atoms with E-state index in [1.54, 1.807) is 0 Å². The van der Waals surface area contributed by atoms with Gasteiger partial charge in [-0.1, -0.05) is 5.21 Å². The molecule has 5 rings (SSSR count). The average Bonchev–Trinajstić information content (AvgIpc) is 3.01. The van der Waals surface area contributed by atoms with Gasteiger partial charge in [-0.2, -0.15) is 0 Å². The number of nitrogens with zero attached hydrogens (tertiary/aromatic N) is 4. The molecule has 2 unspecified atom stereocenters. The summed E-state index contributed by atoms with van der Waals surface area (Å²) in [4.78, 5) is 26.4. The van der Waals surface area contributed by atoms with Crippen LogP contribution in [0, 0.1) is 0 Å². The van der Waals surface area contributed by atoms with Gasteiger partial charge in [0.15, 0.2) is 23.2 Å². The summed E-state index contributed by atoms with van der Waals surface area (Å²) < 4.78 is 20.6. The van der Waals surface area contributed by atoms with Crippen molar-refractivity contribution in [1.82, 2.24) is 24.5 Å². The van der Waals surface area contributed by atoms with E-state index in [2.05, 4.69) is 15.3 Å². The highest BCUT2D eigenvalue weighted by Gasteiger charge is 2.57. The largest absolute Gasteiger partial charge is 0.347 e. The molecule has 1 N–H and O–H groups in total. The minimum absolute atomic E-state index is 0.116. The first-order chi connectivity index (χ1) is 10.4. The molecule has 0 amide bonds. The lowest BCUT2D eigenvalue weighted by molar-refractivity contribution is -0.196. The third kappa shape index (κ3) is 1.39. The number of H-pyrrole nitrogens is 1. The molecule has 10 heteroatoms. The Labute approximate surface area is 122 Å². The number of fused-ring (bicyclic) bond motifs is 6. The smallest absolute Gasteiger partial charge is 0.332 e. The van der Waals surface area contributed by atoms with E-state index >= 15 is 0 Å². The summed E-state index contributed by atoms with van der Waals surface area (Å²) in [6, 6.07) is 0. The molecule has 0 spiro atoms. The molecule has 2 fully saturated rings. The second-order valence-corrected chi connectivity index (χ2v) is 6.20. The molecule has 5 heterocycles. The Kier molecular flexibility index (Phi) is 2.07. The maximum absolute atomic E-state index is 12.3. The fourth-order valence-corrected chi connectivity index (χ4v) is 3.55. The summed E-state index contributed by atoms with van der Waals surface area (Å²) in [6.07, 6.45) is -1.72. The maximum atomic E-state index is 12.3. The standard InChI is InChI=1S/C12H13N5O5/c1-12(2)21-6-4-3-16-9-5(14-15-16)8(18)13-11(19)17(9)10(20-4)7(6)22-12/h4,6-7,10H,3H2,1-2H3,(H,13,18,19)/t4-,6?,7?,10-/m1/s1. The minimum atomic E-state index is -0.745. The normalized spacial score (nSPS) is 34.8. The van der Waals surface area contributed by atoms with Crippen LogP contribution in [0.4, 0.5) is 0 Å². The van der Waals surface area contributed by atoms with Crippen LogP contribution in [0.3, 0.4) is 0 Å². The van der Waals surface area contributed by atoms with Gasteiger partial charge in [0, 0.05) is 0 Å². The number of aromatic amines is 1. The molecule has 0 aromatic carbocycles. The van der Waals surface area contributed by atoms with E-state index in [-0.39, 0.29) is 17.7 Å². The summed E-state index contributed by atoms with van der Waals surface area (Å²) in [5.41, 5.74) is -0.653. The Bertz CT molecular complexity index is 911. The zero-order valence-electron chi connectivity index (χ0n) is 11.8. The van der Waals surface area contributed by atoms with Crippen molar-refractivity contribution in [2.75, 3.05) is 0 Å². The van der Waals surface area contributed by atoms with E-state index in [0.29, 0.717) is 12.2 Å². The fraction of sp³-hybridized carbons (Fsp3) is 0.667. The lowest BCUT2D eigenvalue weighted by Gasteiger charge is -2.23. The monoisotopic (exact) mass is 307 g/mol. The van der Waals surface area contributed by atoms with Crippen LogP contribution in [0.1, 0.15) is 20.1 Å². The number of hydrogen-bond donors (Lipinski definition) is 1. The van der Waals surface area contributed by atoms with Crippen molar-refractivity contribution in [1.29, 1.82) is 0 Å². The number of hydrogen-bond acceptors (Lipinski definition) is 7. The van der Waals surface area contributed by atoms with Gasteiger partial charge in [0.05, 0.1) is 6.54 Å². The van der Waals surface area contributed by atoms with E-state index in [1.807, 2.05) is 13.8 Å². The van der Waals surface area contributed by atoms with E-state index in [4.69, 9.17) is 14.2 Å². The highest BCUT2D eigenvalue weighted by Crippen LogP contribution is 2.44. The summed E-state index contributed by atoms with van der Waals surface area (Å²) >= 11 is 0. The zero-order chi connectivity index (χ0) is 15.2. The molecule has 2 bridgehead atoms. The molecule has 2 aromatic heterocycles. The minimum Gasteiger partial charge on any atom is -0.347 e. The summed E-state index contributed by atoms with van der Waals surface area (Å²) in [7, 11) is 0. The third-order valence-corrected chi connectivity index (χ3v) is 4.32. The molecular weight excluding hydrogens is 294 g/mol. The number of rotatable bonds is 0. The lowest BCUT2D eigenvalue weighted by Crippen LogP contribution is -2.39. The van der Waals surface area contributed by atoms with Gasteiger partial charge in [0.25, 0.3) is 5.56 Å². The third-order valence-electron chi connectivity index (χ3n) is 4.32. The van der Waals surface area contributed by atoms with Crippen LogP contribution in [0.5, 0.6) is 0 Å². The quantitative estimate of drug-likeness (QED) is 0.644. The van der Waals surface area contributed by atoms with Crippen molar-refractivity contribution in [3.63, 3.8) is 0 Å². The summed E-state index contributed by atoms with van der Waals surface area (Å²) in [5, 5.41) is 7.83. The lowest BCUT2D eigenvalue weighted by atomic mass is 10.1. The SMILES string of the molecule is CC1(C)OC2C(O1)[C@H]1Cn3nnc4c(=O)[nH]c(=O)n(c43)[C@@H]2O1. The first-order valence-electron chi connectivity index (χ1n) is 7.04. The van der Waals surface area contributed by atoms with Gasteiger partial charge in [0.1, 0.15) is 18.3 Å². The van der Waals surface area contributed by atoms with Crippen LogP contribution in [-0.2, 0) is 20.8 Å². The van der Waals surface area contributed by atoms with Crippen molar-refractivity contribution < 1.29 is 14.2 Å². The van der Waals surface area contributed by atoms with Crippen molar-refractivity contribution >= 4 is 11.2 Å². The number of ether oxygens (including phenoxy) is 3. The number of nitrogens with one attached hydrogen (secondary N) is 1. The fourth-order valence-electron chi connectivity index (χ4n) is 3.55. The molecule has 3 aliphatic rings. The second-order valence-electron chi connectivity index (χ2n) is 6.20. The highest BCUT2D eigenvalue weighted by molar-refractivity contribution is 5.68. The molecule has 4 atom stereocenters. The zero-order valence-corrected chi connectivity index (χ0v) is 11.8. The van der Waals surface area contributed by atoms with E-state index < -0.39 is 29.4 Å². The predicted molar refractivity (Wildman–Crippen MR) is 70.1 cm³/mol. The van der Waals surface area contributed by atoms with Crippen molar-refractivity contribution in [2.24, 2.45) is 0 Å². The van der Waals surface area contributed by atoms with Crippen molar-refractivity contribution in [3.8, 4) is 0 Å². The first kappa shape index (κ1) is 12.5. The molecule has 0 aliphatic carbocycles. The van der Waals surface area contributed by atoms with E-state index in [1.165, 1.54) is 9.25 Å². The Morgan fingerprint density at radius 3 is 2.86 bits per heavy atom. The topological polar surface area (TPSA) is 113 Å². The average molecular weight is 307 g/mol. The summed E-state index contributed by atoms with van der Waals surface area (Å²) in [6.45, 7) is 3.99. The Balaban J connectivity index is 1.80. The maximum Gasteiger partial charge on any atom is 0.332 e. The molecule has 0 radical (unpaired) electrons. The molecular formula is C12H13N5O5. The second kappa shape index (κ2) is 3.65. The van der Waals surface area contributed by atoms with Crippen LogP contribution in [-0.4, -0.2) is 48.6 Å². The molecule has 3 aliphatic heterocycles. The van der Waals surface area contributed by atoms with Crippen molar-refractivity contribution in [2.45, 2.75) is 50.7 Å². The van der Waals surface area contributed by atoms with Crippen LogP contribution in [0.2, 0.25) is 0 Å². The molecule has 2 aromatic rings.